The summed E-state index contributed by atoms with van der Waals surface area (Å²) in [5.74, 6) is 0.797. The van der Waals surface area contributed by atoms with Crippen molar-refractivity contribution in [1.82, 2.24) is 4.98 Å². The molecule has 7 nitrogen and oxygen atoms in total. The van der Waals surface area contributed by atoms with Gasteiger partial charge < -0.3 is 20.1 Å². The van der Waals surface area contributed by atoms with Crippen LogP contribution in [0.25, 0.3) is 0 Å². The van der Waals surface area contributed by atoms with Gasteiger partial charge in [0.05, 0.1) is 12.5 Å². The molecule has 0 unspecified atom stereocenters. The van der Waals surface area contributed by atoms with Gasteiger partial charge in [-0.15, -0.1) is 0 Å². The zero-order chi connectivity index (χ0) is 25.8. The quantitative estimate of drug-likeness (QED) is 0.373. The van der Waals surface area contributed by atoms with Crippen molar-refractivity contribution < 1.29 is 19.1 Å². The summed E-state index contributed by atoms with van der Waals surface area (Å²) in [7, 11) is 1.43. The Morgan fingerprint density at radius 3 is 2.28 bits per heavy atom. The number of esters is 1. The third-order valence-electron chi connectivity index (χ3n) is 6.65. The maximum atomic E-state index is 12.8. The van der Waals surface area contributed by atoms with Crippen molar-refractivity contribution in [3.05, 3.63) is 78.0 Å². The molecule has 4 rings (SSSR count). The molecule has 2 N–H and O–H groups in total. The van der Waals surface area contributed by atoms with Gasteiger partial charge in [0, 0.05) is 17.4 Å². The van der Waals surface area contributed by atoms with Gasteiger partial charge in [0.15, 0.2) is 0 Å². The molecule has 0 spiro atoms. The number of amides is 2. The summed E-state index contributed by atoms with van der Waals surface area (Å²) in [6, 6.07) is 18.2. The minimum atomic E-state index is -0.596. The van der Waals surface area contributed by atoms with Crippen LogP contribution in [0.4, 0.5) is 16.2 Å². The number of hydrogen-bond acceptors (Lipinski definition) is 5. The molecule has 3 aromatic rings. The van der Waals surface area contributed by atoms with Crippen molar-refractivity contribution in [3.8, 4) is 11.6 Å². The number of rotatable bonds is 6. The fourth-order valence-corrected chi connectivity index (χ4v) is 4.79. The van der Waals surface area contributed by atoms with Gasteiger partial charge >= 0.3 is 12.0 Å². The maximum Gasteiger partial charge on any atom is 0.323 e. The first-order valence-electron chi connectivity index (χ1n) is 12.2. The fraction of sp³-hybridized carbons (Fsp3) is 0.345. The Labute approximate surface area is 212 Å². The van der Waals surface area contributed by atoms with E-state index in [9.17, 15) is 9.59 Å². The molecule has 1 fully saturated rings. The molecular formula is C29H33N3O4. The molecule has 7 heteroatoms. The molecule has 0 aliphatic heterocycles. The Hall–Kier alpha value is -3.87. The first-order valence-corrected chi connectivity index (χ1v) is 12.2. The summed E-state index contributed by atoms with van der Waals surface area (Å²) in [5.41, 5.74) is 2.30. The van der Waals surface area contributed by atoms with Crippen molar-refractivity contribution in [3.63, 3.8) is 0 Å². The summed E-state index contributed by atoms with van der Waals surface area (Å²) in [6.07, 6.45) is 5.15. The van der Waals surface area contributed by atoms with Gasteiger partial charge in [-0.05, 0) is 54.2 Å². The minimum absolute atomic E-state index is 0.118. The van der Waals surface area contributed by atoms with Gasteiger partial charge in [-0.3, -0.25) is 4.79 Å². The monoisotopic (exact) mass is 487 g/mol. The number of urea groups is 1. The molecule has 0 bridgehead atoms. The van der Waals surface area contributed by atoms with Crippen LogP contribution in [0.15, 0.2) is 66.9 Å². The number of nitrogens with zero attached hydrogens (tertiary/aromatic N) is 1. The average Bonchev–Trinajstić information content (AvgIpc) is 3.36. The normalized spacial score (nSPS) is 14.7. The number of nitrogens with one attached hydrogen (secondary N) is 2. The fourth-order valence-electron chi connectivity index (χ4n) is 4.79. The highest BCUT2D eigenvalue weighted by atomic mass is 16.5. The minimum Gasteiger partial charge on any atom is -0.468 e. The number of carbonyl (C=O) groups is 2. The van der Waals surface area contributed by atoms with Crippen LogP contribution in [0.5, 0.6) is 11.6 Å². The third-order valence-corrected chi connectivity index (χ3v) is 6.65. The number of anilines is 2. The topological polar surface area (TPSA) is 89.5 Å². The predicted molar refractivity (Wildman–Crippen MR) is 141 cm³/mol. The molecule has 0 saturated heterocycles. The van der Waals surface area contributed by atoms with Gasteiger partial charge in [-0.2, -0.15) is 0 Å². The second kappa shape index (κ2) is 10.4. The SMILES string of the molecule is COC(=O)C1(c2ccc(NC(=O)Nc3cccnc3Oc3ccccc3C(C)(C)C)cc2)CCCC1. The Morgan fingerprint density at radius 1 is 0.917 bits per heavy atom. The van der Waals surface area contributed by atoms with Gasteiger partial charge in [-0.1, -0.05) is 63.9 Å². The number of methoxy groups -OCH3 is 1. The van der Waals surface area contributed by atoms with E-state index in [4.69, 9.17) is 9.47 Å². The molecule has 2 amide bonds. The van der Waals surface area contributed by atoms with Crippen molar-refractivity contribution in [2.45, 2.75) is 57.3 Å². The molecule has 36 heavy (non-hydrogen) atoms. The summed E-state index contributed by atoms with van der Waals surface area (Å²) in [5, 5.41) is 5.67. The van der Waals surface area contributed by atoms with Gasteiger partial charge in [-0.25, -0.2) is 9.78 Å². The zero-order valence-electron chi connectivity index (χ0n) is 21.3. The first-order chi connectivity index (χ1) is 17.2. The number of carbonyl (C=O) groups excluding carboxylic acids is 2. The van der Waals surface area contributed by atoms with E-state index in [1.807, 2.05) is 36.4 Å². The van der Waals surface area contributed by atoms with E-state index in [1.165, 1.54) is 7.11 Å². The Bertz CT molecular complexity index is 1230. The number of benzene rings is 2. The van der Waals surface area contributed by atoms with Crippen molar-refractivity contribution >= 4 is 23.4 Å². The van der Waals surface area contributed by atoms with Crippen LogP contribution in [0, 0.1) is 0 Å². The van der Waals surface area contributed by atoms with Crippen LogP contribution in [0.1, 0.15) is 57.6 Å². The molecule has 1 aliphatic rings. The number of aromatic nitrogens is 1. The highest BCUT2D eigenvalue weighted by Gasteiger charge is 2.43. The second-order valence-corrected chi connectivity index (χ2v) is 10.1. The molecular weight excluding hydrogens is 454 g/mol. The van der Waals surface area contributed by atoms with Gasteiger partial charge in [0.1, 0.15) is 11.4 Å². The lowest BCUT2D eigenvalue weighted by atomic mass is 9.79. The first kappa shape index (κ1) is 25.2. The van der Waals surface area contributed by atoms with Crippen LogP contribution in [0.3, 0.4) is 0 Å². The van der Waals surface area contributed by atoms with Gasteiger partial charge in [0.2, 0.25) is 5.88 Å². The molecule has 0 atom stereocenters. The lowest BCUT2D eigenvalue weighted by molar-refractivity contribution is -0.147. The van der Waals surface area contributed by atoms with Crippen LogP contribution >= 0.6 is 0 Å². The zero-order valence-corrected chi connectivity index (χ0v) is 21.3. The van der Waals surface area contributed by atoms with Crippen molar-refractivity contribution in [2.75, 3.05) is 17.7 Å². The standard InChI is InChI=1S/C29H33N3O4/c1-28(2,3)22-10-5-6-12-24(22)36-25-23(11-9-19-30-25)32-27(34)31-21-15-13-20(14-16-21)29(26(33)35-4)17-7-8-18-29/h5-6,9-16,19H,7-8,17-18H2,1-4H3,(H2,31,32,34). The van der Waals surface area contributed by atoms with E-state index in [1.54, 1.807) is 30.5 Å². The second-order valence-electron chi connectivity index (χ2n) is 10.1. The smallest absolute Gasteiger partial charge is 0.323 e. The maximum absolute atomic E-state index is 12.8. The average molecular weight is 488 g/mol. The molecule has 0 radical (unpaired) electrons. The molecule has 1 aromatic heterocycles. The van der Waals surface area contributed by atoms with E-state index in [2.05, 4.69) is 36.4 Å². The van der Waals surface area contributed by atoms with Crippen molar-refractivity contribution in [1.29, 1.82) is 0 Å². The summed E-state index contributed by atoms with van der Waals surface area (Å²) in [4.78, 5) is 29.6. The molecule has 1 aliphatic carbocycles. The summed E-state index contributed by atoms with van der Waals surface area (Å²) >= 11 is 0. The molecule has 1 saturated carbocycles. The van der Waals surface area contributed by atoms with Crippen LogP contribution in [-0.2, 0) is 20.4 Å². The Balaban J connectivity index is 1.47. The van der Waals surface area contributed by atoms with Crippen LogP contribution in [0.2, 0.25) is 0 Å². The molecule has 1 heterocycles. The highest BCUT2D eigenvalue weighted by Crippen LogP contribution is 2.42. The summed E-state index contributed by atoms with van der Waals surface area (Å²) < 4.78 is 11.2. The van der Waals surface area contributed by atoms with E-state index in [0.717, 1.165) is 36.8 Å². The number of hydrogen-bond donors (Lipinski definition) is 2. The number of ether oxygens (including phenoxy) is 2. The Kier molecular flexibility index (Phi) is 7.29. The van der Waals surface area contributed by atoms with E-state index < -0.39 is 11.4 Å². The predicted octanol–water partition coefficient (Wildman–Crippen LogP) is 6.80. The van der Waals surface area contributed by atoms with Gasteiger partial charge in [0.25, 0.3) is 0 Å². The van der Waals surface area contributed by atoms with E-state index in [-0.39, 0.29) is 11.4 Å². The number of pyridine rings is 1. The molecule has 188 valence electrons. The lowest BCUT2D eigenvalue weighted by Crippen LogP contribution is -2.34. The van der Waals surface area contributed by atoms with E-state index >= 15 is 0 Å². The van der Waals surface area contributed by atoms with E-state index in [0.29, 0.717) is 23.0 Å². The number of para-hydroxylation sites is 1. The lowest BCUT2D eigenvalue weighted by Gasteiger charge is -2.26. The largest absolute Gasteiger partial charge is 0.468 e. The highest BCUT2D eigenvalue weighted by molar-refractivity contribution is 6.00. The summed E-state index contributed by atoms with van der Waals surface area (Å²) in [6.45, 7) is 6.35. The van der Waals surface area contributed by atoms with Crippen LogP contribution in [-0.4, -0.2) is 24.1 Å². The molecule has 2 aromatic carbocycles. The Morgan fingerprint density at radius 2 is 1.61 bits per heavy atom. The van der Waals surface area contributed by atoms with Crippen LogP contribution < -0.4 is 15.4 Å². The van der Waals surface area contributed by atoms with Crippen molar-refractivity contribution in [2.24, 2.45) is 0 Å². The third kappa shape index (κ3) is 5.35.